The summed E-state index contributed by atoms with van der Waals surface area (Å²) in [5, 5.41) is 2.92. The third-order valence-electron chi connectivity index (χ3n) is 5.50. The van der Waals surface area contributed by atoms with Gasteiger partial charge in [-0.2, -0.15) is 0 Å². The molecular weight excluding hydrogens is 392 g/mol. The van der Waals surface area contributed by atoms with Gasteiger partial charge in [-0.3, -0.25) is 19.1 Å². The highest BCUT2D eigenvalue weighted by atomic mass is 16.5. The zero-order valence-corrected chi connectivity index (χ0v) is 17.2. The summed E-state index contributed by atoms with van der Waals surface area (Å²) < 4.78 is 7.39. The van der Waals surface area contributed by atoms with E-state index in [1.165, 1.54) is 0 Å². The van der Waals surface area contributed by atoms with Crippen LogP contribution in [0.5, 0.6) is 5.75 Å². The van der Waals surface area contributed by atoms with Crippen molar-refractivity contribution in [2.24, 2.45) is 0 Å². The van der Waals surface area contributed by atoms with E-state index in [2.05, 4.69) is 16.4 Å². The number of ether oxygens (including phenoxy) is 1. The smallest absolute Gasteiger partial charge is 0.224 e. The fourth-order valence-electron chi connectivity index (χ4n) is 3.90. The van der Waals surface area contributed by atoms with Gasteiger partial charge in [0.05, 0.1) is 18.1 Å². The summed E-state index contributed by atoms with van der Waals surface area (Å²) in [6, 6.07) is 15.1. The molecule has 2 aromatic carbocycles. The Bertz CT molecular complexity index is 1360. The van der Waals surface area contributed by atoms with Gasteiger partial charge in [0.2, 0.25) is 5.91 Å². The number of benzene rings is 2. The molecule has 0 fully saturated rings. The number of anilines is 1. The van der Waals surface area contributed by atoms with Gasteiger partial charge in [0.1, 0.15) is 11.4 Å². The Morgan fingerprint density at radius 1 is 1.10 bits per heavy atom. The van der Waals surface area contributed by atoms with Gasteiger partial charge in [-0.15, -0.1) is 0 Å². The third kappa shape index (κ3) is 3.34. The monoisotopic (exact) mass is 412 g/mol. The van der Waals surface area contributed by atoms with Crippen LogP contribution >= 0.6 is 0 Å². The lowest BCUT2D eigenvalue weighted by Crippen LogP contribution is -2.19. The Morgan fingerprint density at radius 2 is 1.97 bits per heavy atom. The largest absolute Gasteiger partial charge is 0.497 e. The number of hydrogen-bond donors (Lipinski definition) is 1. The normalized spacial score (nSPS) is 13.0. The third-order valence-corrected chi connectivity index (χ3v) is 5.50. The van der Waals surface area contributed by atoms with E-state index in [4.69, 9.17) is 9.72 Å². The lowest BCUT2D eigenvalue weighted by molar-refractivity contribution is -0.116. The molecule has 1 N–H and O–H groups in total. The summed E-state index contributed by atoms with van der Waals surface area (Å²) in [5.74, 6) is 1.35. The van der Waals surface area contributed by atoms with Crippen molar-refractivity contribution in [2.75, 3.05) is 12.4 Å². The molecule has 1 aliphatic heterocycles. The summed E-state index contributed by atoms with van der Waals surface area (Å²) >= 11 is 0. The second kappa shape index (κ2) is 7.36. The Morgan fingerprint density at radius 3 is 2.77 bits per heavy atom. The number of rotatable bonds is 4. The van der Waals surface area contributed by atoms with E-state index < -0.39 is 0 Å². The van der Waals surface area contributed by atoms with Crippen LogP contribution in [0.3, 0.4) is 0 Å². The van der Waals surface area contributed by atoms with E-state index in [9.17, 15) is 9.59 Å². The number of ketones is 1. The molecule has 0 bridgehead atoms. The molecule has 7 nitrogen and oxygen atoms in total. The number of methoxy groups -OCH3 is 1. The van der Waals surface area contributed by atoms with E-state index in [-0.39, 0.29) is 11.7 Å². The van der Waals surface area contributed by atoms with E-state index in [1.54, 1.807) is 32.4 Å². The highest BCUT2D eigenvalue weighted by Crippen LogP contribution is 2.32. The minimum absolute atomic E-state index is 0.0120. The van der Waals surface area contributed by atoms with E-state index >= 15 is 0 Å². The maximum Gasteiger partial charge on any atom is 0.224 e. The number of pyridine rings is 1. The molecule has 154 valence electrons. The minimum atomic E-state index is -0.0120. The van der Waals surface area contributed by atoms with Crippen LogP contribution in [-0.2, 0) is 11.2 Å². The van der Waals surface area contributed by atoms with Crippen molar-refractivity contribution in [3.05, 3.63) is 65.9 Å². The highest BCUT2D eigenvalue weighted by molar-refractivity contribution is 5.98. The fourth-order valence-corrected chi connectivity index (χ4v) is 3.90. The summed E-state index contributed by atoms with van der Waals surface area (Å²) in [5.41, 5.74) is 5.66. The van der Waals surface area contributed by atoms with Gasteiger partial charge < -0.3 is 10.1 Å². The number of carbonyl (C=O) groups is 2. The molecule has 0 aliphatic carbocycles. The molecule has 0 radical (unpaired) electrons. The molecule has 4 aromatic rings. The molecule has 7 heteroatoms. The molecular formula is C24H20N4O3. The first-order valence-electron chi connectivity index (χ1n) is 10.0. The second-order valence-corrected chi connectivity index (χ2v) is 7.50. The van der Waals surface area contributed by atoms with Crippen LogP contribution < -0.4 is 10.1 Å². The molecule has 0 spiro atoms. The molecule has 31 heavy (non-hydrogen) atoms. The molecule has 1 aliphatic rings. The summed E-state index contributed by atoms with van der Waals surface area (Å²) in [6.07, 6.45) is 2.83. The topological polar surface area (TPSA) is 86.1 Å². The number of fused-ring (bicyclic) bond motifs is 2. The molecule has 3 heterocycles. The number of hydrogen-bond acceptors (Lipinski definition) is 5. The highest BCUT2D eigenvalue weighted by Gasteiger charge is 2.20. The van der Waals surface area contributed by atoms with Gasteiger partial charge in [-0.05, 0) is 61.4 Å². The Kier molecular flexibility index (Phi) is 4.51. The van der Waals surface area contributed by atoms with Crippen molar-refractivity contribution < 1.29 is 14.3 Å². The molecule has 0 atom stereocenters. The Hall–Kier alpha value is -4.00. The van der Waals surface area contributed by atoms with Gasteiger partial charge in [0.25, 0.3) is 0 Å². The molecule has 0 saturated heterocycles. The fraction of sp³-hybridized carbons (Fsp3) is 0.167. The lowest BCUT2D eigenvalue weighted by Gasteiger charge is -2.18. The van der Waals surface area contributed by atoms with Gasteiger partial charge in [-0.1, -0.05) is 0 Å². The number of amides is 1. The van der Waals surface area contributed by atoms with E-state index in [0.29, 0.717) is 41.2 Å². The van der Waals surface area contributed by atoms with Crippen LogP contribution in [0, 0.1) is 0 Å². The van der Waals surface area contributed by atoms with Crippen molar-refractivity contribution in [2.45, 2.75) is 19.8 Å². The molecule has 2 aromatic heterocycles. The molecule has 0 saturated carbocycles. The summed E-state index contributed by atoms with van der Waals surface area (Å²) in [6.45, 7) is 1.54. The molecule has 0 unspecified atom stereocenters. The van der Waals surface area contributed by atoms with Crippen LogP contribution in [0.15, 0.2) is 54.7 Å². The van der Waals surface area contributed by atoms with Crippen molar-refractivity contribution in [3.63, 3.8) is 0 Å². The number of aromatic nitrogens is 3. The standard InChI is InChI=1S/C24H20N4O3/c1-14(29)15-3-7-22-20(12-15)27-24(21-13-18(31-2)9-10-25-21)28(22)17-5-6-19-16(11-17)4-8-23(30)26-19/h3,5-7,9-13H,4,8H2,1-2H3,(H,26,30). The maximum atomic E-state index is 11.9. The van der Waals surface area contributed by atoms with Crippen molar-refractivity contribution >= 4 is 28.4 Å². The van der Waals surface area contributed by atoms with Gasteiger partial charge in [0, 0.05) is 35.6 Å². The summed E-state index contributed by atoms with van der Waals surface area (Å²) in [4.78, 5) is 33.0. The first-order chi connectivity index (χ1) is 15.0. The zero-order chi connectivity index (χ0) is 21.5. The number of aryl methyl sites for hydroxylation is 1. The average molecular weight is 412 g/mol. The number of nitrogens with one attached hydrogen (secondary N) is 1. The minimum Gasteiger partial charge on any atom is -0.497 e. The van der Waals surface area contributed by atoms with Crippen molar-refractivity contribution in [1.29, 1.82) is 0 Å². The van der Waals surface area contributed by atoms with Crippen LogP contribution in [0.25, 0.3) is 28.2 Å². The van der Waals surface area contributed by atoms with Gasteiger partial charge in [0.15, 0.2) is 11.6 Å². The number of imidazole rings is 1. The maximum absolute atomic E-state index is 11.9. The molecule has 1 amide bonds. The Labute approximate surface area is 178 Å². The van der Waals surface area contributed by atoms with Gasteiger partial charge >= 0.3 is 0 Å². The average Bonchev–Trinajstić information content (AvgIpc) is 3.17. The first kappa shape index (κ1) is 19.0. The van der Waals surface area contributed by atoms with Crippen molar-refractivity contribution in [1.82, 2.24) is 14.5 Å². The van der Waals surface area contributed by atoms with Crippen LogP contribution in [0.2, 0.25) is 0 Å². The van der Waals surface area contributed by atoms with Crippen LogP contribution in [0.4, 0.5) is 5.69 Å². The number of carbonyl (C=O) groups excluding carboxylic acids is 2. The number of nitrogens with zero attached hydrogens (tertiary/aromatic N) is 3. The van der Waals surface area contributed by atoms with Crippen LogP contribution in [0.1, 0.15) is 29.3 Å². The second-order valence-electron chi connectivity index (χ2n) is 7.50. The van der Waals surface area contributed by atoms with Gasteiger partial charge in [-0.25, -0.2) is 4.98 Å². The van der Waals surface area contributed by atoms with Crippen LogP contribution in [-0.4, -0.2) is 33.3 Å². The van der Waals surface area contributed by atoms with E-state index in [1.807, 2.05) is 34.9 Å². The number of Topliss-reactive ketones (excluding diaryl/α,β-unsaturated/α-hetero) is 1. The van der Waals surface area contributed by atoms with Crippen molar-refractivity contribution in [3.8, 4) is 23.0 Å². The molecule has 5 rings (SSSR count). The SMILES string of the molecule is COc1ccnc(-c2nc3cc(C(C)=O)ccc3n2-c2ccc3c(c2)CCC(=O)N3)c1. The Balaban J connectivity index is 1.75. The quantitative estimate of drug-likeness (QED) is 0.508. The zero-order valence-electron chi connectivity index (χ0n) is 17.2. The first-order valence-corrected chi connectivity index (χ1v) is 10.0. The predicted molar refractivity (Wildman–Crippen MR) is 118 cm³/mol. The lowest BCUT2D eigenvalue weighted by atomic mass is 10.0. The summed E-state index contributed by atoms with van der Waals surface area (Å²) in [7, 11) is 1.61. The van der Waals surface area contributed by atoms with E-state index in [0.717, 1.165) is 22.5 Å². The predicted octanol–water partition coefficient (Wildman–Crippen LogP) is 4.18.